The first-order valence-corrected chi connectivity index (χ1v) is 11.8. The van der Waals surface area contributed by atoms with Crippen LogP contribution >= 0.6 is 11.8 Å². The number of amides is 1. The molecule has 0 radical (unpaired) electrons. The topological polar surface area (TPSA) is 78.3 Å². The van der Waals surface area contributed by atoms with Crippen LogP contribution in [0.25, 0.3) is 22.4 Å². The SMILES string of the molecule is Cc1[nH]c2ccc(-c3nnc(SCC(=O)N4CCN(c5ccccc5F)CC4)o3)cc2c1C. The quantitative estimate of drug-likeness (QED) is 0.440. The summed E-state index contributed by atoms with van der Waals surface area (Å²) < 4.78 is 19.8. The highest BCUT2D eigenvalue weighted by Crippen LogP contribution is 2.29. The molecule has 1 N–H and O–H groups in total. The number of anilines is 1. The lowest BCUT2D eigenvalue weighted by Crippen LogP contribution is -2.49. The molecule has 33 heavy (non-hydrogen) atoms. The Morgan fingerprint density at radius 3 is 2.70 bits per heavy atom. The number of H-pyrrole nitrogens is 1. The molecule has 0 unspecified atom stereocenters. The number of fused-ring (bicyclic) bond motifs is 1. The number of para-hydroxylation sites is 1. The molecule has 3 heterocycles. The number of rotatable bonds is 5. The molecule has 1 aliphatic heterocycles. The van der Waals surface area contributed by atoms with E-state index in [2.05, 4.69) is 22.1 Å². The molecule has 1 saturated heterocycles. The van der Waals surface area contributed by atoms with Crippen LogP contribution in [0.4, 0.5) is 10.1 Å². The van der Waals surface area contributed by atoms with Crippen LogP contribution in [0.5, 0.6) is 0 Å². The van der Waals surface area contributed by atoms with E-state index in [1.807, 2.05) is 36.1 Å². The third-order valence-electron chi connectivity index (χ3n) is 6.11. The number of hydrogen-bond donors (Lipinski definition) is 1. The van der Waals surface area contributed by atoms with Crippen molar-refractivity contribution < 1.29 is 13.6 Å². The van der Waals surface area contributed by atoms with Crippen LogP contribution in [0, 0.1) is 19.7 Å². The van der Waals surface area contributed by atoms with E-state index in [9.17, 15) is 9.18 Å². The first-order chi connectivity index (χ1) is 16.0. The molecular formula is C24H24FN5O2S. The Morgan fingerprint density at radius 1 is 1.12 bits per heavy atom. The van der Waals surface area contributed by atoms with Crippen LogP contribution in [-0.2, 0) is 4.79 Å². The minimum atomic E-state index is -0.235. The Labute approximate surface area is 195 Å². The maximum Gasteiger partial charge on any atom is 0.277 e. The molecule has 2 aromatic heterocycles. The van der Waals surface area contributed by atoms with Gasteiger partial charge in [0.2, 0.25) is 11.8 Å². The number of halogens is 1. The first-order valence-electron chi connectivity index (χ1n) is 10.8. The summed E-state index contributed by atoms with van der Waals surface area (Å²) in [7, 11) is 0. The minimum absolute atomic E-state index is 0.00720. The second-order valence-electron chi connectivity index (χ2n) is 8.12. The van der Waals surface area contributed by atoms with Crippen molar-refractivity contribution >= 4 is 34.3 Å². The third-order valence-corrected chi connectivity index (χ3v) is 6.91. The predicted octanol–water partition coefficient (Wildman–Crippen LogP) is 4.41. The Morgan fingerprint density at radius 2 is 1.91 bits per heavy atom. The fourth-order valence-corrected chi connectivity index (χ4v) is 4.76. The van der Waals surface area contributed by atoms with Gasteiger partial charge in [-0.25, -0.2) is 4.39 Å². The maximum atomic E-state index is 14.0. The normalized spacial score (nSPS) is 14.3. The van der Waals surface area contributed by atoms with Crippen LogP contribution in [0.1, 0.15) is 11.3 Å². The fourth-order valence-electron chi connectivity index (χ4n) is 4.10. The molecule has 1 aliphatic rings. The summed E-state index contributed by atoms with van der Waals surface area (Å²) in [6.45, 7) is 6.43. The van der Waals surface area contributed by atoms with Gasteiger partial charge in [0.1, 0.15) is 5.82 Å². The van der Waals surface area contributed by atoms with Gasteiger partial charge in [0.15, 0.2) is 0 Å². The van der Waals surface area contributed by atoms with Gasteiger partial charge in [-0.3, -0.25) is 4.79 Å². The highest BCUT2D eigenvalue weighted by molar-refractivity contribution is 7.99. The van der Waals surface area contributed by atoms with Crippen molar-refractivity contribution in [3.8, 4) is 11.5 Å². The molecule has 2 aromatic carbocycles. The second kappa shape index (κ2) is 8.90. The van der Waals surface area contributed by atoms with Gasteiger partial charge in [-0.15, -0.1) is 10.2 Å². The van der Waals surface area contributed by atoms with Crippen LogP contribution in [-0.4, -0.2) is 57.9 Å². The molecule has 170 valence electrons. The number of carbonyl (C=O) groups is 1. The lowest BCUT2D eigenvalue weighted by molar-refractivity contribution is -0.128. The smallest absolute Gasteiger partial charge is 0.277 e. The van der Waals surface area contributed by atoms with E-state index in [0.717, 1.165) is 22.2 Å². The summed E-state index contributed by atoms with van der Waals surface area (Å²) in [4.78, 5) is 19.8. The molecule has 5 rings (SSSR count). The van der Waals surface area contributed by atoms with E-state index in [0.29, 0.717) is 43.0 Å². The Bertz CT molecular complexity index is 1310. The van der Waals surface area contributed by atoms with Crippen molar-refractivity contribution in [2.24, 2.45) is 0 Å². The number of nitrogens with zero attached hydrogens (tertiary/aromatic N) is 4. The van der Waals surface area contributed by atoms with Gasteiger partial charge >= 0.3 is 0 Å². The van der Waals surface area contributed by atoms with Gasteiger partial charge in [0, 0.05) is 48.3 Å². The van der Waals surface area contributed by atoms with Crippen molar-refractivity contribution in [2.45, 2.75) is 19.1 Å². The van der Waals surface area contributed by atoms with E-state index >= 15 is 0 Å². The average molecular weight is 466 g/mol. The van der Waals surface area contributed by atoms with Gasteiger partial charge in [-0.2, -0.15) is 0 Å². The second-order valence-corrected chi connectivity index (χ2v) is 9.04. The highest BCUT2D eigenvalue weighted by Gasteiger charge is 2.23. The minimum Gasteiger partial charge on any atom is -0.411 e. The molecule has 0 atom stereocenters. The van der Waals surface area contributed by atoms with Crippen LogP contribution in [0.2, 0.25) is 0 Å². The van der Waals surface area contributed by atoms with E-state index in [-0.39, 0.29) is 17.5 Å². The van der Waals surface area contributed by atoms with Crippen LogP contribution in [0.15, 0.2) is 52.1 Å². The summed E-state index contributed by atoms with van der Waals surface area (Å²) in [6, 6.07) is 12.7. The fraction of sp³-hybridized carbons (Fsp3) is 0.292. The number of thioether (sulfide) groups is 1. The summed E-state index contributed by atoms with van der Waals surface area (Å²) in [6.07, 6.45) is 0. The van der Waals surface area contributed by atoms with Gasteiger partial charge in [-0.1, -0.05) is 23.9 Å². The molecule has 1 fully saturated rings. The number of aromatic nitrogens is 3. The van der Waals surface area contributed by atoms with E-state index in [4.69, 9.17) is 4.42 Å². The van der Waals surface area contributed by atoms with Crippen LogP contribution in [0.3, 0.4) is 0 Å². The zero-order chi connectivity index (χ0) is 22.9. The first kappa shape index (κ1) is 21.5. The van der Waals surface area contributed by atoms with Crippen LogP contribution < -0.4 is 4.90 Å². The molecule has 4 aromatic rings. The van der Waals surface area contributed by atoms with Crippen molar-refractivity contribution in [2.75, 3.05) is 36.8 Å². The summed E-state index contributed by atoms with van der Waals surface area (Å²) >= 11 is 1.24. The Hall–Kier alpha value is -3.33. The predicted molar refractivity (Wildman–Crippen MR) is 127 cm³/mol. The van der Waals surface area contributed by atoms with Crippen molar-refractivity contribution in [3.05, 3.63) is 59.5 Å². The zero-order valence-corrected chi connectivity index (χ0v) is 19.3. The van der Waals surface area contributed by atoms with Crippen molar-refractivity contribution in [1.29, 1.82) is 0 Å². The molecule has 0 saturated carbocycles. The van der Waals surface area contributed by atoms with Gasteiger partial charge in [-0.05, 0) is 49.7 Å². The van der Waals surface area contributed by atoms with Crippen molar-refractivity contribution in [3.63, 3.8) is 0 Å². The number of nitrogens with one attached hydrogen (secondary N) is 1. The summed E-state index contributed by atoms with van der Waals surface area (Å²) in [5.74, 6) is 0.425. The van der Waals surface area contributed by atoms with Gasteiger partial charge < -0.3 is 19.2 Å². The summed E-state index contributed by atoms with van der Waals surface area (Å²) in [5, 5.41) is 9.75. The average Bonchev–Trinajstić information content (AvgIpc) is 3.42. The lowest BCUT2D eigenvalue weighted by atomic mass is 10.1. The van der Waals surface area contributed by atoms with E-state index in [1.54, 1.807) is 17.0 Å². The number of aromatic amines is 1. The Kier molecular flexibility index (Phi) is 5.80. The van der Waals surface area contributed by atoms with E-state index < -0.39 is 0 Å². The third kappa shape index (κ3) is 4.32. The van der Waals surface area contributed by atoms with Gasteiger partial charge in [0.25, 0.3) is 5.22 Å². The molecular weight excluding hydrogens is 441 g/mol. The number of hydrogen-bond acceptors (Lipinski definition) is 6. The monoisotopic (exact) mass is 465 g/mol. The molecule has 0 spiro atoms. The number of carbonyl (C=O) groups excluding carboxylic acids is 1. The molecule has 9 heteroatoms. The molecule has 0 bridgehead atoms. The number of benzene rings is 2. The highest BCUT2D eigenvalue weighted by atomic mass is 32.2. The standard InChI is InChI=1S/C24H24FN5O2S/c1-15-16(2)26-20-8-7-17(13-18(15)20)23-27-28-24(32-23)33-14-22(31)30-11-9-29(10-12-30)21-6-4-3-5-19(21)25/h3-8,13,26H,9-12,14H2,1-2H3. The van der Waals surface area contributed by atoms with Gasteiger partial charge in [0.05, 0.1) is 11.4 Å². The maximum absolute atomic E-state index is 14.0. The molecule has 7 nitrogen and oxygen atoms in total. The largest absolute Gasteiger partial charge is 0.411 e. The Balaban J connectivity index is 1.18. The lowest BCUT2D eigenvalue weighted by Gasteiger charge is -2.36. The van der Waals surface area contributed by atoms with Crippen molar-refractivity contribution in [1.82, 2.24) is 20.1 Å². The summed E-state index contributed by atoms with van der Waals surface area (Å²) in [5.41, 5.74) is 4.84. The molecule has 0 aliphatic carbocycles. The molecule has 1 amide bonds. The number of piperazine rings is 1. The van der Waals surface area contributed by atoms with E-state index in [1.165, 1.54) is 23.4 Å². The zero-order valence-electron chi connectivity index (χ0n) is 18.5. The number of aryl methyl sites for hydroxylation is 2.